The summed E-state index contributed by atoms with van der Waals surface area (Å²) in [7, 11) is 2.18. The molecule has 0 saturated heterocycles. The van der Waals surface area contributed by atoms with Gasteiger partial charge in [0.25, 0.3) is 0 Å². The Morgan fingerprint density at radius 3 is 2.17 bits per heavy atom. The highest BCUT2D eigenvalue weighted by Crippen LogP contribution is 2.33. The van der Waals surface area contributed by atoms with E-state index in [0.717, 1.165) is 30.0 Å². The Bertz CT molecular complexity index is 991. The Balaban J connectivity index is 2.97. The Morgan fingerprint density at radius 2 is 1.69 bits per heavy atom. The number of rotatable bonds is 6. The first-order chi connectivity index (χ1) is 13.7. The van der Waals surface area contributed by atoms with Gasteiger partial charge in [-0.25, -0.2) is 4.57 Å². The molecule has 0 spiro atoms. The van der Waals surface area contributed by atoms with Crippen LogP contribution in [0.1, 0.15) is 75.7 Å². The van der Waals surface area contributed by atoms with E-state index < -0.39 is 0 Å². The third kappa shape index (κ3) is 4.44. The average Bonchev–Trinajstić information content (AvgIpc) is 3.01. The molecule has 0 aliphatic carbocycles. The van der Waals surface area contributed by atoms with E-state index in [9.17, 15) is 0 Å². The van der Waals surface area contributed by atoms with Crippen molar-refractivity contribution in [2.75, 3.05) is 0 Å². The van der Waals surface area contributed by atoms with Crippen molar-refractivity contribution in [2.24, 2.45) is 7.05 Å². The summed E-state index contributed by atoms with van der Waals surface area (Å²) in [5.74, 6) is 1.11. The number of pyridine rings is 1. The number of aromatic nitrogens is 3. The van der Waals surface area contributed by atoms with Crippen LogP contribution in [0.5, 0.6) is 0 Å². The van der Waals surface area contributed by atoms with Crippen molar-refractivity contribution in [2.45, 2.75) is 75.2 Å². The van der Waals surface area contributed by atoms with E-state index in [0.29, 0.717) is 0 Å². The molecule has 3 heteroatoms. The first kappa shape index (κ1) is 22.9. The fraction of sp³-hybridized carbons (Fsp3) is 0.462. The predicted octanol–water partition coefficient (Wildman–Crippen LogP) is 6.42. The zero-order valence-corrected chi connectivity index (χ0v) is 20.1. The fourth-order valence-electron chi connectivity index (χ4n) is 4.16. The zero-order valence-electron chi connectivity index (χ0n) is 20.1. The second kappa shape index (κ2) is 9.39. The van der Waals surface area contributed by atoms with E-state index in [2.05, 4.69) is 103 Å². The molecule has 0 aromatic carbocycles. The van der Waals surface area contributed by atoms with Crippen molar-refractivity contribution in [3.05, 3.63) is 69.2 Å². The summed E-state index contributed by atoms with van der Waals surface area (Å²) in [6.45, 7) is 19.7. The second-order valence-corrected chi connectivity index (χ2v) is 8.05. The normalized spacial score (nSPS) is 12.5. The van der Waals surface area contributed by atoms with E-state index in [1.807, 2.05) is 0 Å². The highest BCUT2D eigenvalue weighted by Gasteiger charge is 2.25. The Kier molecular flexibility index (Phi) is 7.40. The van der Waals surface area contributed by atoms with Crippen LogP contribution in [0.4, 0.5) is 0 Å². The van der Waals surface area contributed by atoms with Crippen LogP contribution in [0, 0.1) is 27.7 Å². The quantitative estimate of drug-likeness (QED) is 0.411. The van der Waals surface area contributed by atoms with E-state index >= 15 is 0 Å². The third-order valence-electron chi connectivity index (χ3n) is 6.03. The molecule has 29 heavy (non-hydrogen) atoms. The summed E-state index contributed by atoms with van der Waals surface area (Å²) < 4.78 is 4.40. The van der Waals surface area contributed by atoms with E-state index in [1.54, 1.807) is 0 Å². The maximum atomic E-state index is 4.76. The van der Waals surface area contributed by atoms with Crippen LogP contribution < -0.4 is 4.57 Å². The van der Waals surface area contributed by atoms with E-state index in [4.69, 9.17) is 5.10 Å². The molecule has 2 aromatic rings. The van der Waals surface area contributed by atoms with Crippen LogP contribution in [-0.2, 0) is 7.05 Å². The van der Waals surface area contributed by atoms with Gasteiger partial charge in [0.15, 0.2) is 0 Å². The van der Waals surface area contributed by atoms with Gasteiger partial charge in [-0.15, -0.1) is 4.68 Å². The molecule has 2 aromatic heterocycles. The summed E-state index contributed by atoms with van der Waals surface area (Å²) in [6.07, 6.45) is 6.44. The van der Waals surface area contributed by atoms with Gasteiger partial charge in [-0.05, 0) is 76.7 Å². The van der Waals surface area contributed by atoms with Crippen molar-refractivity contribution in [1.82, 2.24) is 9.78 Å². The van der Waals surface area contributed by atoms with Crippen molar-refractivity contribution >= 4 is 5.57 Å². The molecule has 0 N–H and O–H groups in total. The van der Waals surface area contributed by atoms with Gasteiger partial charge in [0, 0.05) is 24.6 Å². The molecule has 0 atom stereocenters. The van der Waals surface area contributed by atoms with Crippen molar-refractivity contribution in [3.63, 3.8) is 0 Å². The summed E-state index contributed by atoms with van der Waals surface area (Å²) in [4.78, 5) is 0. The molecule has 0 amide bonds. The van der Waals surface area contributed by atoms with Crippen molar-refractivity contribution in [3.8, 4) is 5.82 Å². The molecule has 0 bridgehead atoms. The zero-order chi connectivity index (χ0) is 21.9. The van der Waals surface area contributed by atoms with Crippen molar-refractivity contribution < 1.29 is 4.57 Å². The predicted molar refractivity (Wildman–Crippen MR) is 124 cm³/mol. The van der Waals surface area contributed by atoms with Crippen LogP contribution in [0.25, 0.3) is 11.4 Å². The molecule has 0 aliphatic rings. The molecule has 156 valence electrons. The van der Waals surface area contributed by atoms with Gasteiger partial charge in [0.2, 0.25) is 0 Å². The maximum Gasteiger partial charge on any atom is 0.307 e. The lowest BCUT2D eigenvalue weighted by atomic mass is 9.88. The summed E-state index contributed by atoms with van der Waals surface area (Å²) in [5, 5.41) is 4.76. The Labute approximate surface area is 177 Å². The van der Waals surface area contributed by atoms with E-state index in [-0.39, 0.29) is 0 Å². The molecular formula is C26H38N3+. The molecule has 3 nitrogen and oxygen atoms in total. The second-order valence-electron chi connectivity index (χ2n) is 8.05. The lowest BCUT2D eigenvalue weighted by Gasteiger charge is -2.20. The minimum absolute atomic E-state index is 1.04. The SMILES string of the molecule is CC=CC(C)=C(C)C(=C(CC)CC)c1c(C)c(C)cc(-n2nc(C)cc2C)[n+]1C. The van der Waals surface area contributed by atoms with Gasteiger partial charge in [0.1, 0.15) is 11.4 Å². The average molecular weight is 393 g/mol. The maximum absolute atomic E-state index is 4.76. The highest BCUT2D eigenvalue weighted by atomic mass is 15.3. The van der Waals surface area contributed by atoms with Gasteiger partial charge in [-0.3, -0.25) is 0 Å². The summed E-state index contributed by atoms with van der Waals surface area (Å²) in [6, 6.07) is 4.39. The van der Waals surface area contributed by atoms with Crippen molar-refractivity contribution in [1.29, 1.82) is 0 Å². The molecule has 2 rings (SSSR count). The fourth-order valence-corrected chi connectivity index (χ4v) is 4.16. The highest BCUT2D eigenvalue weighted by molar-refractivity contribution is 5.81. The molecule has 0 fully saturated rings. The van der Waals surface area contributed by atoms with E-state index in [1.165, 1.54) is 39.1 Å². The smallest absolute Gasteiger partial charge is 0.227 e. The summed E-state index contributed by atoms with van der Waals surface area (Å²) in [5.41, 5.74) is 11.7. The lowest BCUT2D eigenvalue weighted by Crippen LogP contribution is -2.40. The first-order valence-electron chi connectivity index (χ1n) is 10.7. The Morgan fingerprint density at radius 1 is 1.07 bits per heavy atom. The van der Waals surface area contributed by atoms with Crippen LogP contribution in [0.2, 0.25) is 0 Å². The van der Waals surface area contributed by atoms with Gasteiger partial charge in [0.05, 0.1) is 12.7 Å². The van der Waals surface area contributed by atoms with Crippen LogP contribution in [0.15, 0.2) is 41.0 Å². The number of allylic oxidation sites excluding steroid dienone is 6. The molecule has 0 saturated carbocycles. The molecule has 0 aliphatic heterocycles. The molecular weight excluding hydrogens is 354 g/mol. The van der Waals surface area contributed by atoms with Gasteiger partial charge in [-0.2, -0.15) is 0 Å². The first-order valence-corrected chi connectivity index (χ1v) is 10.7. The molecule has 0 unspecified atom stereocenters. The molecule has 2 heterocycles. The van der Waals surface area contributed by atoms with Crippen LogP contribution >= 0.6 is 0 Å². The van der Waals surface area contributed by atoms with Gasteiger partial charge in [-0.1, -0.05) is 36.7 Å². The largest absolute Gasteiger partial charge is 0.307 e. The Hall–Kier alpha value is -2.42. The minimum Gasteiger partial charge on any atom is -0.227 e. The van der Waals surface area contributed by atoms with Crippen LogP contribution in [-0.4, -0.2) is 9.78 Å². The lowest BCUT2D eigenvalue weighted by molar-refractivity contribution is -0.668. The van der Waals surface area contributed by atoms with Crippen LogP contribution in [0.3, 0.4) is 0 Å². The van der Waals surface area contributed by atoms with Gasteiger partial charge >= 0.3 is 5.82 Å². The number of nitrogens with zero attached hydrogens (tertiary/aromatic N) is 3. The molecule has 0 radical (unpaired) electrons. The number of hydrogen-bond donors (Lipinski definition) is 0. The number of hydrogen-bond acceptors (Lipinski definition) is 1. The van der Waals surface area contributed by atoms with Gasteiger partial charge < -0.3 is 0 Å². The summed E-state index contributed by atoms with van der Waals surface area (Å²) >= 11 is 0. The monoisotopic (exact) mass is 392 g/mol. The topological polar surface area (TPSA) is 21.7 Å². The third-order valence-corrected chi connectivity index (χ3v) is 6.03. The standard InChI is InChI=1S/C26H38N3/c1-11-14-17(4)21(8)25(23(12-2)13-3)26-22(9)18(5)15-24(28(26)10)29-20(7)16-19(6)27-29/h11,14-16H,12-13H2,1-10H3/q+1. The number of aryl methyl sites for hydroxylation is 3. The minimum atomic E-state index is 1.04.